The van der Waals surface area contributed by atoms with Crippen LogP contribution in [0, 0.1) is 0 Å². The topological polar surface area (TPSA) is 105 Å². The Bertz CT molecular complexity index is 1360. The molecule has 2 N–H and O–H groups in total. The molecule has 4 amide bonds. The average Bonchev–Trinajstić information content (AvgIpc) is 3.50. The molecule has 4 aromatic rings. The van der Waals surface area contributed by atoms with Crippen molar-refractivity contribution < 1.29 is 19.1 Å². The van der Waals surface area contributed by atoms with Gasteiger partial charge in [-0.15, -0.1) is 11.3 Å². The van der Waals surface area contributed by atoms with Crippen molar-refractivity contribution >= 4 is 39.8 Å². The molecule has 0 saturated carbocycles. The van der Waals surface area contributed by atoms with E-state index >= 15 is 0 Å². The van der Waals surface area contributed by atoms with Crippen LogP contribution in [0.1, 0.15) is 12.5 Å². The monoisotopic (exact) mass is 475 g/mol. The Morgan fingerprint density at radius 1 is 1.15 bits per heavy atom. The fourth-order valence-corrected chi connectivity index (χ4v) is 4.60. The number of imide groups is 1. The predicted molar refractivity (Wildman–Crippen MR) is 128 cm³/mol. The molecule has 1 aliphatic heterocycles. The molecule has 9 nitrogen and oxygen atoms in total. The quantitative estimate of drug-likeness (QED) is 0.416. The number of benzene rings is 2. The van der Waals surface area contributed by atoms with Crippen molar-refractivity contribution in [2.24, 2.45) is 0 Å². The summed E-state index contributed by atoms with van der Waals surface area (Å²) in [5.41, 5.74) is 1.65. The van der Waals surface area contributed by atoms with Gasteiger partial charge in [-0.1, -0.05) is 24.3 Å². The van der Waals surface area contributed by atoms with Crippen LogP contribution in [0.15, 0.2) is 66.3 Å². The van der Waals surface area contributed by atoms with Gasteiger partial charge >= 0.3 is 6.03 Å². The number of carbonyl (C=O) groups is 3. The van der Waals surface area contributed by atoms with Crippen LogP contribution in [-0.4, -0.2) is 45.8 Å². The van der Waals surface area contributed by atoms with Crippen LogP contribution in [0.2, 0.25) is 0 Å². The number of amides is 4. The largest absolute Gasteiger partial charge is 0.497 e. The summed E-state index contributed by atoms with van der Waals surface area (Å²) >= 11 is 1.55. The number of urea groups is 1. The molecule has 172 valence electrons. The van der Waals surface area contributed by atoms with Gasteiger partial charge in [-0.05, 0) is 36.8 Å². The summed E-state index contributed by atoms with van der Waals surface area (Å²) in [5, 5.41) is 7.40. The fraction of sp³-hybridized carbons (Fsp3) is 0.167. The molecule has 2 aromatic carbocycles. The van der Waals surface area contributed by atoms with Gasteiger partial charge in [-0.3, -0.25) is 18.9 Å². The van der Waals surface area contributed by atoms with E-state index in [1.807, 2.05) is 34.3 Å². The van der Waals surface area contributed by atoms with Gasteiger partial charge in [0.1, 0.15) is 17.8 Å². The predicted octanol–water partition coefficient (Wildman–Crippen LogP) is 3.48. The second kappa shape index (κ2) is 8.31. The van der Waals surface area contributed by atoms with Crippen molar-refractivity contribution in [1.82, 2.24) is 19.6 Å². The van der Waals surface area contributed by atoms with E-state index in [1.165, 1.54) is 0 Å². The Labute approximate surface area is 199 Å². The number of imidazole rings is 1. The van der Waals surface area contributed by atoms with Gasteiger partial charge in [-0.25, -0.2) is 9.78 Å². The molecular formula is C24H21N5O4S. The molecule has 0 bridgehead atoms. The van der Waals surface area contributed by atoms with Gasteiger partial charge in [0.15, 0.2) is 4.96 Å². The van der Waals surface area contributed by atoms with Crippen molar-refractivity contribution in [1.29, 1.82) is 0 Å². The molecule has 1 fully saturated rings. The lowest BCUT2D eigenvalue weighted by atomic mass is 9.92. The molecule has 1 aliphatic rings. The maximum absolute atomic E-state index is 13.1. The Hall–Kier alpha value is -4.18. The molecule has 1 saturated heterocycles. The minimum Gasteiger partial charge on any atom is -0.497 e. The molecule has 3 heterocycles. The third kappa shape index (κ3) is 3.77. The number of rotatable bonds is 6. The molecule has 2 aromatic heterocycles. The minimum atomic E-state index is -1.26. The molecule has 10 heteroatoms. The molecule has 5 rings (SSSR count). The highest BCUT2D eigenvalue weighted by Gasteiger charge is 2.49. The van der Waals surface area contributed by atoms with Crippen molar-refractivity contribution in [3.8, 4) is 17.0 Å². The number of aromatic nitrogens is 2. The molecule has 0 spiro atoms. The van der Waals surface area contributed by atoms with E-state index in [0.29, 0.717) is 17.0 Å². The van der Waals surface area contributed by atoms with Crippen molar-refractivity contribution in [3.63, 3.8) is 0 Å². The van der Waals surface area contributed by atoms with E-state index < -0.39 is 29.9 Å². The van der Waals surface area contributed by atoms with Crippen molar-refractivity contribution in [2.75, 3.05) is 19.0 Å². The number of nitrogens with zero attached hydrogens (tertiary/aromatic N) is 3. The van der Waals surface area contributed by atoms with Crippen LogP contribution in [0.25, 0.3) is 16.2 Å². The fourth-order valence-electron chi connectivity index (χ4n) is 3.90. The summed E-state index contributed by atoms with van der Waals surface area (Å²) in [6.07, 6.45) is 3.89. The van der Waals surface area contributed by atoms with Crippen LogP contribution in [-0.2, 0) is 15.1 Å². The second-order valence-corrected chi connectivity index (χ2v) is 8.89. The second-order valence-electron chi connectivity index (χ2n) is 8.02. The standard InChI is InChI=1S/C24H21N5O4S/c1-24(16-5-9-18(33-2)10-6-16)21(31)29(22(32)27-24)14-20(30)25-17-7-3-15(4-8-17)19-13-28-11-12-34-23(28)26-19/h3-13H,14H2,1-2H3,(H,25,30)(H,27,32). The molecule has 34 heavy (non-hydrogen) atoms. The van der Waals surface area contributed by atoms with Gasteiger partial charge in [0.05, 0.1) is 12.8 Å². The Morgan fingerprint density at radius 3 is 2.56 bits per heavy atom. The zero-order valence-electron chi connectivity index (χ0n) is 18.4. The average molecular weight is 476 g/mol. The Balaban J connectivity index is 1.25. The van der Waals surface area contributed by atoms with Gasteiger partial charge in [0, 0.05) is 29.0 Å². The molecule has 0 radical (unpaired) electrons. The first-order valence-electron chi connectivity index (χ1n) is 10.5. The van der Waals surface area contributed by atoms with Crippen molar-refractivity contribution in [2.45, 2.75) is 12.5 Å². The number of carbonyl (C=O) groups excluding carboxylic acids is 3. The number of anilines is 1. The molecule has 0 aliphatic carbocycles. The van der Waals surface area contributed by atoms with E-state index in [2.05, 4.69) is 15.6 Å². The highest BCUT2D eigenvalue weighted by molar-refractivity contribution is 7.15. The first kappa shape index (κ1) is 21.7. The number of thiazole rings is 1. The van der Waals surface area contributed by atoms with E-state index in [0.717, 1.165) is 21.1 Å². The first-order valence-corrected chi connectivity index (χ1v) is 11.4. The number of hydrogen-bond acceptors (Lipinski definition) is 6. The highest BCUT2D eigenvalue weighted by atomic mass is 32.1. The number of ether oxygens (including phenoxy) is 1. The summed E-state index contributed by atoms with van der Waals surface area (Å²) in [6.45, 7) is 1.22. The lowest BCUT2D eigenvalue weighted by molar-refractivity contribution is -0.133. The highest BCUT2D eigenvalue weighted by Crippen LogP contribution is 2.30. The van der Waals surface area contributed by atoms with Gasteiger partial charge < -0.3 is 15.4 Å². The van der Waals surface area contributed by atoms with Crippen LogP contribution in [0.5, 0.6) is 5.75 Å². The third-order valence-electron chi connectivity index (χ3n) is 5.80. The Morgan fingerprint density at radius 2 is 1.88 bits per heavy atom. The number of nitrogens with one attached hydrogen (secondary N) is 2. The third-order valence-corrected chi connectivity index (χ3v) is 6.57. The number of hydrogen-bond donors (Lipinski definition) is 2. The molecule has 1 unspecified atom stereocenters. The summed E-state index contributed by atoms with van der Waals surface area (Å²) in [5.74, 6) is -0.329. The summed E-state index contributed by atoms with van der Waals surface area (Å²) in [7, 11) is 1.55. The summed E-state index contributed by atoms with van der Waals surface area (Å²) in [6, 6.07) is 13.5. The smallest absolute Gasteiger partial charge is 0.325 e. The SMILES string of the molecule is COc1ccc(C2(C)NC(=O)N(CC(=O)Nc3ccc(-c4cn5ccsc5n4)cc3)C2=O)cc1. The number of fused-ring (bicyclic) bond motifs is 1. The van der Waals surface area contributed by atoms with Crippen LogP contribution >= 0.6 is 11.3 Å². The summed E-state index contributed by atoms with van der Waals surface area (Å²) in [4.78, 5) is 44.6. The number of methoxy groups -OCH3 is 1. The normalized spacial score (nSPS) is 17.8. The van der Waals surface area contributed by atoms with Crippen LogP contribution in [0.3, 0.4) is 0 Å². The van der Waals surface area contributed by atoms with Gasteiger partial charge in [0.2, 0.25) is 5.91 Å². The van der Waals surface area contributed by atoms with E-state index in [4.69, 9.17) is 4.74 Å². The lowest BCUT2D eigenvalue weighted by Crippen LogP contribution is -2.42. The minimum absolute atomic E-state index is 0.393. The maximum atomic E-state index is 13.1. The zero-order valence-corrected chi connectivity index (χ0v) is 19.3. The Kier molecular flexibility index (Phi) is 5.29. The van der Waals surface area contributed by atoms with Crippen molar-refractivity contribution in [3.05, 3.63) is 71.9 Å². The van der Waals surface area contributed by atoms with E-state index in [-0.39, 0.29) is 0 Å². The lowest BCUT2D eigenvalue weighted by Gasteiger charge is -2.22. The molecule has 1 atom stereocenters. The zero-order chi connectivity index (χ0) is 23.9. The summed E-state index contributed by atoms with van der Waals surface area (Å²) < 4.78 is 7.10. The van der Waals surface area contributed by atoms with Gasteiger partial charge in [0.25, 0.3) is 5.91 Å². The van der Waals surface area contributed by atoms with Crippen LogP contribution in [0.4, 0.5) is 10.5 Å². The van der Waals surface area contributed by atoms with E-state index in [9.17, 15) is 14.4 Å². The first-order chi connectivity index (χ1) is 16.4. The maximum Gasteiger partial charge on any atom is 0.325 e. The van der Waals surface area contributed by atoms with Crippen LogP contribution < -0.4 is 15.4 Å². The van der Waals surface area contributed by atoms with Gasteiger partial charge in [-0.2, -0.15) is 0 Å². The van der Waals surface area contributed by atoms with E-state index in [1.54, 1.807) is 61.8 Å². The molecular weight excluding hydrogens is 454 g/mol.